The van der Waals surface area contributed by atoms with Gasteiger partial charge in [-0.05, 0) is 28.9 Å². The van der Waals surface area contributed by atoms with E-state index in [1.165, 1.54) is 18.2 Å². The molecule has 0 unspecified atom stereocenters. The lowest BCUT2D eigenvalue weighted by atomic mass is 10.3. The molecule has 0 saturated carbocycles. The van der Waals surface area contributed by atoms with Gasteiger partial charge < -0.3 is 4.74 Å². The molecular formula is C11H7BrClN3O3. The van der Waals surface area contributed by atoms with Gasteiger partial charge in [-0.3, -0.25) is 10.1 Å². The first kappa shape index (κ1) is 13.7. The van der Waals surface area contributed by atoms with Crippen LogP contribution in [0.2, 0.25) is 5.02 Å². The highest BCUT2D eigenvalue weighted by atomic mass is 79.9. The van der Waals surface area contributed by atoms with Crippen LogP contribution in [0.5, 0.6) is 11.6 Å². The monoisotopic (exact) mass is 343 g/mol. The maximum absolute atomic E-state index is 10.6. The number of hydrogen-bond donors (Lipinski definition) is 0. The maximum atomic E-state index is 10.6. The summed E-state index contributed by atoms with van der Waals surface area (Å²) in [5.41, 5.74) is -0.0996. The summed E-state index contributed by atoms with van der Waals surface area (Å²) in [6.45, 7) is 1.72. The summed E-state index contributed by atoms with van der Waals surface area (Å²) in [5, 5.41) is 10.7. The number of benzene rings is 1. The molecule has 0 atom stereocenters. The predicted molar refractivity (Wildman–Crippen MR) is 72.6 cm³/mol. The largest absolute Gasteiger partial charge is 0.437 e. The average molecular weight is 345 g/mol. The van der Waals surface area contributed by atoms with Crippen molar-refractivity contribution in [3.8, 4) is 11.6 Å². The van der Waals surface area contributed by atoms with Gasteiger partial charge in [0, 0.05) is 18.2 Å². The number of hydrogen-bond acceptors (Lipinski definition) is 5. The zero-order valence-corrected chi connectivity index (χ0v) is 12.0. The second kappa shape index (κ2) is 5.50. The maximum Gasteiger partial charge on any atom is 0.271 e. The van der Waals surface area contributed by atoms with Crippen LogP contribution >= 0.6 is 27.5 Å². The van der Waals surface area contributed by atoms with Crippen molar-refractivity contribution in [3.05, 3.63) is 49.8 Å². The number of non-ortho nitro benzene ring substituents is 1. The minimum atomic E-state index is -0.527. The first-order chi connectivity index (χ1) is 8.95. The van der Waals surface area contributed by atoms with Crippen LogP contribution < -0.4 is 4.74 Å². The Balaban J connectivity index is 2.30. The third-order valence-corrected chi connectivity index (χ3v) is 2.83. The molecule has 1 heterocycles. The standard InChI is InChI=1S/C11H7BrClN3O3/c1-6-14-10(12)5-11(15-6)19-9-3-2-7(16(17)18)4-8(9)13/h2-5H,1H3. The molecule has 0 amide bonds. The molecule has 0 aliphatic carbocycles. The molecule has 19 heavy (non-hydrogen) atoms. The normalized spacial score (nSPS) is 10.3. The fourth-order valence-corrected chi connectivity index (χ4v) is 2.02. The Hall–Kier alpha value is -1.73. The van der Waals surface area contributed by atoms with E-state index in [0.29, 0.717) is 16.3 Å². The van der Waals surface area contributed by atoms with Gasteiger partial charge in [-0.1, -0.05) is 11.6 Å². The van der Waals surface area contributed by atoms with Crippen LogP contribution in [0.4, 0.5) is 5.69 Å². The second-order valence-electron chi connectivity index (χ2n) is 3.55. The number of nitro benzene ring substituents is 1. The Morgan fingerprint density at radius 1 is 1.37 bits per heavy atom. The molecule has 0 spiro atoms. The lowest BCUT2D eigenvalue weighted by Crippen LogP contribution is -1.94. The molecule has 0 fully saturated rings. The van der Waals surface area contributed by atoms with E-state index < -0.39 is 4.92 Å². The highest BCUT2D eigenvalue weighted by Gasteiger charge is 2.12. The third-order valence-electron chi connectivity index (χ3n) is 2.12. The molecule has 2 aromatic rings. The number of ether oxygens (including phenoxy) is 1. The molecule has 1 aromatic carbocycles. The minimum absolute atomic E-state index is 0.0996. The zero-order valence-electron chi connectivity index (χ0n) is 9.63. The van der Waals surface area contributed by atoms with E-state index in [-0.39, 0.29) is 16.5 Å². The summed E-state index contributed by atoms with van der Waals surface area (Å²) in [7, 11) is 0. The van der Waals surface area contributed by atoms with Crippen molar-refractivity contribution in [2.45, 2.75) is 6.92 Å². The third kappa shape index (κ3) is 3.39. The molecule has 0 aliphatic heterocycles. The molecule has 8 heteroatoms. The molecule has 0 saturated heterocycles. The fraction of sp³-hybridized carbons (Fsp3) is 0.0909. The highest BCUT2D eigenvalue weighted by molar-refractivity contribution is 9.10. The van der Waals surface area contributed by atoms with Gasteiger partial charge in [0.2, 0.25) is 5.88 Å². The Bertz CT molecular complexity index is 631. The molecule has 6 nitrogen and oxygen atoms in total. The van der Waals surface area contributed by atoms with E-state index in [4.69, 9.17) is 16.3 Å². The summed E-state index contributed by atoms with van der Waals surface area (Å²) in [6.07, 6.45) is 0. The first-order valence-electron chi connectivity index (χ1n) is 5.08. The summed E-state index contributed by atoms with van der Waals surface area (Å²) in [5.74, 6) is 1.12. The number of halogens is 2. The molecule has 0 aliphatic rings. The molecule has 0 N–H and O–H groups in total. The SMILES string of the molecule is Cc1nc(Br)cc(Oc2ccc([N+](=O)[O-])cc2Cl)n1. The topological polar surface area (TPSA) is 78.2 Å². The van der Waals surface area contributed by atoms with E-state index in [1.54, 1.807) is 13.0 Å². The number of nitrogens with zero attached hydrogens (tertiary/aromatic N) is 3. The number of rotatable bonds is 3. The number of aryl methyl sites for hydroxylation is 1. The lowest BCUT2D eigenvalue weighted by molar-refractivity contribution is -0.384. The Morgan fingerprint density at radius 3 is 2.68 bits per heavy atom. The van der Waals surface area contributed by atoms with Gasteiger partial charge in [0.1, 0.15) is 16.2 Å². The van der Waals surface area contributed by atoms with E-state index in [0.717, 1.165) is 0 Å². The average Bonchev–Trinajstić information content (AvgIpc) is 2.30. The Kier molecular flexibility index (Phi) is 3.96. The quantitative estimate of drug-likeness (QED) is 0.479. The molecule has 0 radical (unpaired) electrons. The van der Waals surface area contributed by atoms with Crippen molar-refractivity contribution in [3.63, 3.8) is 0 Å². The summed E-state index contributed by atoms with van der Waals surface area (Å²) < 4.78 is 6.05. The highest BCUT2D eigenvalue weighted by Crippen LogP contribution is 2.32. The van der Waals surface area contributed by atoms with E-state index in [9.17, 15) is 10.1 Å². The minimum Gasteiger partial charge on any atom is -0.437 e. The van der Waals surface area contributed by atoms with Crippen LogP contribution in [-0.4, -0.2) is 14.9 Å². The molecule has 0 bridgehead atoms. The van der Waals surface area contributed by atoms with Crippen molar-refractivity contribution in [1.29, 1.82) is 0 Å². The van der Waals surface area contributed by atoms with Crippen molar-refractivity contribution in [2.75, 3.05) is 0 Å². The van der Waals surface area contributed by atoms with Gasteiger partial charge >= 0.3 is 0 Å². The van der Waals surface area contributed by atoms with Crippen LogP contribution in [0.25, 0.3) is 0 Å². The Labute approximate surface area is 121 Å². The van der Waals surface area contributed by atoms with Crippen LogP contribution in [0.3, 0.4) is 0 Å². The Morgan fingerprint density at radius 2 is 2.11 bits per heavy atom. The zero-order chi connectivity index (χ0) is 14.0. The first-order valence-corrected chi connectivity index (χ1v) is 6.26. The fourth-order valence-electron chi connectivity index (χ4n) is 1.36. The molecule has 2 rings (SSSR count). The van der Waals surface area contributed by atoms with Crippen LogP contribution in [0.1, 0.15) is 5.82 Å². The summed E-state index contributed by atoms with van der Waals surface area (Å²) >= 11 is 9.14. The van der Waals surface area contributed by atoms with Gasteiger partial charge in [-0.15, -0.1) is 0 Å². The van der Waals surface area contributed by atoms with E-state index in [1.807, 2.05) is 0 Å². The van der Waals surface area contributed by atoms with Crippen molar-refractivity contribution >= 4 is 33.2 Å². The van der Waals surface area contributed by atoms with Gasteiger partial charge in [-0.25, -0.2) is 4.98 Å². The van der Waals surface area contributed by atoms with Crippen molar-refractivity contribution in [1.82, 2.24) is 9.97 Å². The molecular weight excluding hydrogens is 337 g/mol. The van der Waals surface area contributed by atoms with E-state index in [2.05, 4.69) is 25.9 Å². The van der Waals surface area contributed by atoms with Crippen LogP contribution in [0, 0.1) is 17.0 Å². The van der Waals surface area contributed by atoms with E-state index >= 15 is 0 Å². The predicted octanol–water partition coefficient (Wildman–Crippen LogP) is 3.90. The van der Waals surface area contributed by atoms with Gasteiger partial charge in [0.15, 0.2) is 0 Å². The summed E-state index contributed by atoms with van der Waals surface area (Å²) in [6, 6.07) is 5.53. The molecule has 98 valence electrons. The van der Waals surface area contributed by atoms with Gasteiger partial charge in [-0.2, -0.15) is 4.98 Å². The van der Waals surface area contributed by atoms with Gasteiger partial charge in [0.05, 0.1) is 9.95 Å². The second-order valence-corrected chi connectivity index (χ2v) is 4.77. The van der Waals surface area contributed by atoms with Crippen LogP contribution in [0.15, 0.2) is 28.9 Å². The van der Waals surface area contributed by atoms with Gasteiger partial charge in [0.25, 0.3) is 5.69 Å². The molecule has 1 aromatic heterocycles. The number of aromatic nitrogens is 2. The van der Waals surface area contributed by atoms with Crippen LogP contribution in [-0.2, 0) is 0 Å². The summed E-state index contributed by atoms with van der Waals surface area (Å²) in [4.78, 5) is 18.2. The van der Waals surface area contributed by atoms with Crippen molar-refractivity contribution < 1.29 is 9.66 Å². The number of nitro groups is 1. The lowest BCUT2D eigenvalue weighted by Gasteiger charge is -2.07. The van der Waals surface area contributed by atoms with Crippen molar-refractivity contribution in [2.24, 2.45) is 0 Å². The smallest absolute Gasteiger partial charge is 0.271 e.